The van der Waals surface area contributed by atoms with Gasteiger partial charge in [0, 0.05) is 17.5 Å². The van der Waals surface area contributed by atoms with Gasteiger partial charge in [0.05, 0.1) is 11.9 Å². The lowest BCUT2D eigenvalue weighted by molar-refractivity contribution is -0.137. The first kappa shape index (κ1) is 11.5. The summed E-state index contributed by atoms with van der Waals surface area (Å²) in [5, 5.41) is 9.69. The number of para-hydroxylation sites is 1. The molecule has 0 radical (unpaired) electrons. The topological polar surface area (TPSA) is 63.1 Å². The summed E-state index contributed by atoms with van der Waals surface area (Å²) < 4.78 is 0. The van der Waals surface area contributed by atoms with Crippen LogP contribution in [0.15, 0.2) is 18.2 Å². The van der Waals surface area contributed by atoms with Crippen molar-refractivity contribution in [3.05, 3.63) is 35.3 Å². The van der Waals surface area contributed by atoms with Crippen molar-refractivity contribution in [3.63, 3.8) is 0 Å². The molecule has 0 atom stereocenters. The molecule has 0 aliphatic heterocycles. The molecule has 0 saturated carbocycles. The van der Waals surface area contributed by atoms with Gasteiger partial charge in [-0.25, -0.2) is 9.97 Å². The highest BCUT2D eigenvalue weighted by Crippen LogP contribution is 2.18. The van der Waals surface area contributed by atoms with Crippen LogP contribution in [0.2, 0.25) is 0 Å². The van der Waals surface area contributed by atoms with Gasteiger partial charge in [0.2, 0.25) is 0 Å². The number of carboxylic acid groups (broad SMARTS) is 1. The molecule has 0 bridgehead atoms. The first-order chi connectivity index (χ1) is 8.08. The standard InChI is InChI=1S/C13H14N2O2/c1-8-4-3-5-10-9(2)14-11(15-13(8)10)6-7-12(16)17/h3-5H,6-7H2,1-2H3,(H,16,17). The van der Waals surface area contributed by atoms with Crippen molar-refractivity contribution in [1.82, 2.24) is 9.97 Å². The van der Waals surface area contributed by atoms with Crippen LogP contribution < -0.4 is 0 Å². The summed E-state index contributed by atoms with van der Waals surface area (Å²) in [4.78, 5) is 19.3. The summed E-state index contributed by atoms with van der Waals surface area (Å²) in [6, 6.07) is 5.96. The summed E-state index contributed by atoms with van der Waals surface area (Å²) in [5.74, 6) is -0.220. The Labute approximate surface area is 99.3 Å². The van der Waals surface area contributed by atoms with E-state index in [2.05, 4.69) is 9.97 Å². The van der Waals surface area contributed by atoms with Crippen LogP contribution in [0.1, 0.15) is 23.5 Å². The van der Waals surface area contributed by atoms with Gasteiger partial charge in [-0.2, -0.15) is 0 Å². The zero-order valence-corrected chi connectivity index (χ0v) is 9.90. The third-order valence-electron chi connectivity index (χ3n) is 2.73. The second-order valence-electron chi connectivity index (χ2n) is 4.09. The fourth-order valence-corrected chi connectivity index (χ4v) is 1.84. The molecule has 0 saturated heterocycles. The van der Waals surface area contributed by atoms with Crippen molar-refractivity contribution in [2.45, 2.75) is 26.7 Å². The molecule has 0 spiro atoms. The number of rotatable bonds is 3. The fourth-order valence-electron chi connectivity index (χ4n) is 1.84. The van der Waals surface area contributed by atoms with E-state index in [9.17, 15) is 4.79 Å². The molecule has 0 unspecified atom stereocenters. The molecule has 2 aromatic rings. The van der Waals surface area contributed by atoms with Gasteiger partial charge < -0.3 is 5.11 Å². The number of hydrogen-bond donors (Lipinski definition) is 1. The molecular formula is C13H14N2O2. The van der Waals surface area contributed by atoms with Crippen LogP contribution in [0.4, 0.5) is 0 Å². The van der Waals surface area contributed by atoms with Crippen LogP contribution in [0.5, 0.6) is 0 Å². The molecule has 88 valence electrons. The largest absolute Gasteiger partial charge is 0.481 e. The van der Waals surface area contributed by atoms with E-state index < -0.39 is 5.97 Å². The first-order valence-electron chi connectivity index (χ1n) is 5.52. The Morgan fingerprint density at radius 3 is 2.76 bits per heavy atom. The number of carboxylic acids is 1. The van der Waals surface area contributed by atoms with Crippen molar-refractivity contribution in [2.75, 3.05) is 0 Å². The fraction of sp³-hybridized carbons (Fsp3) is 0.308. The van der Waals surface area contributed by atoms with Crippen LogP contribution in [-0.4, -0.2) is 21.0 Å². The number of carbonyl (C=O) groups is 1. The van der Waals surface area contributed by atoms with Crippen molar-refractivity contribution >= 4 is 16.9 Å². The smallest absolute Gasteiger partial charge is 0.303 e. The van der Waals surface area contributed by atoms with Gasteiger partial charge in [0.25, 0.3) is 0 Å². The number of hydrogen-bond acceptors (Lipinski definition) is 3. The zero-order chi connectivity index (χ0) is 12.4. The van der Waals surface area contributed by atoms with Gasteiger partial charge >= 0.3 is 5.97 Å². The maximum atomic E-state index is 10.5. The van der Waals surface area contributed by atoms with E-state index in [1.165, 1.54) is 0 Å². The SMILES string of the molecule is Cc1nc(CCC(=O)O)nc2c(C)cccc12. The lowest BCUT2D eigenvalue weighted by Gasteiger charge is -2.06. The molecule has 1 aromatic heterocycles. The minimum atomic E-state index is -0.823. The molecule has 0 fully saturated rings. The zero-order valence-electron chi connectivity index (χ0n) is 9.90. The molecule has 4 heteroatoms. The van der Waals surface area contributed by atoms with Crippen LogP contribution >= 0.6 is 0 Å². The Morgan fingerprint density at radius 2 is 2.06 bits per heavy atom. The van der Waals surface area contributed by atoms with Gasteiger partial charge in [0.15, 0.2) is 0 Å². The predicted octanol–water partition coefficient (Wildman–Crippen LogP) is 2.26. The molecule has 0 aliphatic rings. The number of aliphatic carboxylic acids is 1. The lowest BCUT2D eigenvalue weighted by atomic mass is 10.1. The Kier molecular flexibility index (Phi) is 3.04. The highest BCUT2D eigenvalue weighted by molar-refractivity contribution is 5.83. The molecule has 1 aromatic carbocycles. The monoisotopic (exact) mass is 230 g/mol. The van der Waals surface area contributed by atoms with E-state index in [1.54, 1.807) is 0 Å². The van der Waals surface area contributed by atoms with E-state index >= 15 is 0 Å². The van der Waals surface area contributed by atoms with Crippen molar-refractivity contribution < 1.29 is 9.90 Å². The van der Waals surface area contributed by atoms with Crippen molar-refractivity contribution in [2.24, 2.45) is 0 Å². The number of fused-ring (bicyclic) bond motifs is 1. The number of aryl methyl sites for hydroxylation is 3. The van der Waals surface area contributed by atoms with E-state index in [-0.39, 0.29) is 6.42 Å². The normalized spacial score (nSPS) is 10.7. The summed E-state index contributed by atoms with van der Waals surface area (Å²) in [5.41, 5.74) is 2.91. The average molecular weight is 230 g/mol. The van der Waals surface area contributed by atoms with Gasteiger partial charge in [-0.1, -0.05) is 18.2 Å². The summed E-state index contributed by atoms with van der Waals surface area (Å²) >= 11 is 0. The highest BCUT2D eigenvalue weighted by atomic mass is 16.4. The van der Waals surface area contributed by atoms with Gasteiger partial charge in [-0.05, 0) is 19.4 Å². The minimum absolute atomic E-state index is 0.0663. The number of aromatic nitrogens is 2. The molecule has 4 nitrogen and oxygen atoms in total. The maximum Gasteiger partial charge on any atom is 0.303 e. The van der Waals surface area contributed by atoms with Gasteiger partial charge in [-0.15, -0.1) is 0 Å². The molecule has 2 rings (SSSR count). The third-order valence-corrected chi connectivity index (χ3v) is 2.73. The Bertz CT molecular complexity index is 579. The van der Waals surface area contributed by atoms with Crippen LogP contribution in [0.25, 0.3) is 10.9 Å². The Balaban J connectivity index is 2.46. The van der Waals surface area contributed by atoms with Crippen LogP contribution in [-0.2, 0) is 11.2 Å². The molecule has 1 N–H and O–H groups in total. The van der Waals surface area contributed by atoms with E-state index in [0.717, 1.165) is 22.2 Å². The molecule has 17 heavy (non-hydrogen) atoms. The second-order valence-corrected chi connectivity index (χ2v) is 4.09. The highest BCUT2D eigenvalue weighted by Gasteiger charge is 2.07. The molecule has 1 heterocycles. The lowest BCUT2D eigenvalue weighted by Crippen LogP contribution is -2.03. The number of nitrogens with zero attached hydrogens (tertiary/aromatic N) is 2. The van der Waals surface area contributed by atoms with Crippen molar-refractivity contribution in [3.8, 4) is 0 Å². The van der Waals surface area contributed by atoms with E-state index in [0.29, 0.717) is 12.2 Å². The minimum Gasteiger partial charge on any atom is -0.481 e. The Morgan fingerprint density at radius 1 is 1.29 bits per heavy atom. The maximum absolute atomic E-state index is 10.5. The van der Waals surface area contributed by atoms with Crippen LogP contribution in [0.3, 0.4) is 0 Å². The summed E-state index contributed by atoms with van der Waals surface area (Å²) in [6.07, 6.45) is 0.442. The summed E-state index contributed by atoms with van der Waals surface area (Å²) in [6.45, 7) is 3.92. The molecule has 0 aliphatic carbocycles. The summed E-state index contributed by atoms with van der Waals surface area (Å²) in [7, 11) is 0. The average Bonchev–Trinajstić information content (AvgIpc) is 2.28. The van der Waals surface area contributed by atoms with E-state index in [4.69, 9.17) is 5.11 Å². The van der Waals surface area contributed by atoms with E-state index in [1.807, 2.05) is 32.0 Å². The number of benzene rings is 1. The van der Waals surface area contributed by atoms with Gasteiger partial charge in [-0.3, -0.25) is 4.79 Å². The van der Waals surface area contributed by atoms with Crippen molar-refractivity contribution in [1.29, 1.82) is 0 Å². The first-order valence-corrected chi connectivity index (χ1v) is 5.52. The van der Waals surface area contributed by atoms with Gasteiger partial charge in [0.1, 0.15) is 5.82 Å². The second kappa shape index (κ2) is 4.49. The quantitative estimate of drug-likeness (QED) is 0.878. The molecule has 0 amide bonds. The third kappa shape index (κ3) is 2.41. The molecular weight excluding hydrogens is 216 g/mol. The Hall–Kier alpha value is -1.97. The predicted molar refractivity (Wildman–Crippen MR) is 65.0 cm³/mol. The van der Waals surface area contributed by atoms with Crippen LogP contribution in [0, 0.1) is 13.8 Å².